The molecule has 0 saturated heterocycles. The van der Waals surface area contributed by atoms with Crippen molar-refractivity contribution in [1.82, 2.24) is 10.3 Å². The second kappa shape index (κ2) is 7.60. The van der Waals surface area contributed by atoms with Crippen LogP contribution < -0.4 is 10.2 Å². The van der Waals surface area contributed by atoms with Crippen LogP contribution in [0.5, 0.6) is 0 Å². The number of anilines is 1. The third-order valence-electron chi connectivity index (χ3n) is 3.29. The van der Waals surface area contributed by atoms with E-state index in [1.165, 1.54) is 5.56 Å². The Labute approximate surface area is 123 Å². The number of methoxy groups -OCH3 is 1. The first kappa shape index (κ1) is 16.9. The summed E-state index contributed by atoms with van der Waals surface area (Å²) in [6.07, 6.45) is 0. The maximum atomic E-state index is 5.19. The molecule has 0 atom stereocenters. The Morgan fingerprint density at radius 1 is 1.30 bits per heavy atom. The predicted octanol–water partition coefficient (Wildman–Crippen LogP) is 2.57. The van der Waals surface area contributed by atoms with Crippen LogP contribution in [0, 0.1) is 0 Å². The van der Waals surface area contributed by atoms with Crippen LogP contribution in [-0.2, 0) is 16.7 Å². The smallest absolute Gasteiger partial charge is 0.129 e. The van der Waals surface area contributed by atoms with E-state index in [4.69, 9.17) is 9.72 Å². The third-order valence-corrected chi connectivity index (χ3v) is 3.29. The standard InChI is InChI=1S/C16H29N3O/c1-7-19(8-9-20-6)15-11-13(12-17-5)10-14(18-15)16(2,3)4/h10-11,17H,7-9,12H2,1-6H3. The average Bonchev–Trinajstić information content (AvgIpc) is 2.39. The van der Waals surface area contributed by atoms with E-state index in [2.05, 4.69) is 50.0 Å². The van der Waals surface area contributed by atoms with Crippen molar-refractivity contribution >= 4 is 5.82 Å². The summed E-state index contributed by atoms with van der Waals surface area (Å²) in [6, 6.07) is 4.37. The minimum Gasteiger partial charge on any atom is -0.383 e. The molecule has 1 rings (SSSR count). The summed E-state index contributed by atoms with van der Waals surface area (Å²) in [6.45, 7) is 12.1. The Balaban J connectivity index is 3.12. The maximum Gasteiger partial charge on any atom is 0.129 e. The fraction of sp³-hybridized carbons (Fsp3) is 0.688. The fourth-order valence-corrected chi connectivity index (χ4v) is 2.06. The lowest BCUT2D eigenvalue weighted by Gasteiger charge is -2.26. The van der Waals surface area contributed by atoms with Crippen LogP contribution in [0.1, 0.15) is 39.0 Å². The molecule has 0 bridgehead atoms. The Morgan fingerprint density at radius 2 is 2.00 bits per heavy atom. The summed E-state index contributed by atoms with van der Waals surface area (Å²) in [4.78, 5) is 7.12. The normalized spacial score (nSPS) is 11.7. The minimum absolute atomic E-state index is 0.0547. The Morgan fingerprint density at radius 3 is 2.50 bits per heavy atom. The van der Waals surface area contributed by atoms with Crippen molar-refractivity contribution in [2.45, 2.75) is 39.7 Å². The summed E-state index contributed by atoms with van der Waals surface area (Å²) < 4.78 is 5.19. The number of ether oxygens (including phenoxy) is 1. The van der Waals surface area contributed by atoms with E-state index in [-0.39, 0.29) is 5.41 Å². The van der Waals surface area contributed by atoms with Crippen LogP contribution in [0.2, 0.25) is 0 Å². The molecule has 0 saturated carbocycles. The molecule has 1 aromatic heterocycles. The van der Waals surface area contributed by atoms with Gasteiger partial charge in [-0.2, -0.15) is 0 Å². The zero-order valence-electron chi connectivity index (χ0n) is 13.8. The van der Waals surface area contributed by atoms with Crippen molar-refractivity contribution in [3.05, 3.63) is 23.4 Å². The molecule has 0 spiro atoms. The number of rotatable bonds is 7. The van der Waals surface area contributed by atoms with Crippen molar-refractivity contribution < 1.29 is 4.74 Å². The molecular formula is C16H29N3O. The van der Waals surface area contributed by atoms with Crippen LogP contribution >= 0.6 is 0 Å². The number of nitrogens with one attached hydrogen (secondary N) is 1. The van der Waals surface area contributed by atoms with Gasteiger partial charge in [-0.05, 0) is 31.7 Å². The largest absolute Gasteiger partial charge is 0.383 e. The quantitative estimate of drug-likeness (QED) is 0.832. The summed E-state index contributed by atoms with van der Waals surface area (Å²) >= 11 is 0. The van der Waals surface area contributed by atoms with Gasteiger partial charge in [-0.3, -0.25) is 0 Å². The second-order valence-corrected chi connectivity index (χ2v) is 6.07. The van der Waals surface area contributed by atoms with Crippen LogP contribution in [0.25, 0.3) is 0 Å². The van der Waals surface area contributed by atoms with E-state index in [1.807, 2.05) is 7.05 Å². The first-order chi connectivity index (χ1) is 9.42. The van der Waals surface area contributed by atoms with Crippen molar-refractivity contribution in [3.8, 4) is 0 Å². The number of nitrogens with zero attached hydrogens (tertiary/aromatic N) is 2. The van der Waals surface area contributed by atoms with Gasteiger partial charge in [0.05, 0.1) is 6.61 Å². The highest BCUT2D eigenvalue weighted by atomic mass is 16.5. The Bertz CT molecular complexity index is 413. The lowest BCUT2D eigenvalue weighted by atomic mass is 9.90. The molecule has 0 aliphatic heterocycles. The van der Waals surface area contributed by atoms with Crippen LogP contribution in [0.4, 0.5) is 5.82 Å². The second-order valence-electron chi connectivity index (χ2n) is 6.07. The van der Waals surface area contributed by atoms with Crippen molar-refractivity contribution in [2.75, 3.05) is 38.8 Å². The molecule has 1 aromatic rings. The third kappa shape index (κ3) is 4.76. The molecule has 0 unspecified atom stereocenters. The van der Waals surface area contributed by atoms with Crippen molar-refractivity contribution in [1.29, 1.82) is 0 Å². The van der Waals surface area contributed by atoms with Gasteiger partial charge >= 0.3 is 0 Å². The SMILES string of the molecule is CCN(CCOC)c1cc(CNC)cc(C(C)(C)C)n1. The highest BCUT2D eigenvalue weighted by molar-refractivity contribution is 5.44. The lowest BCUT2D eigenvalue weighted by Crippen LogP contribution is -2.29. The number of hydrogen-bond donors (Lipinski definition) is 1. The summed E-state index contributed by atoms with van der Waals surface area (Å²) in [5.74, 6) is 1.04. The van der Waals surface area contributed by atoms with Gasteiger partial charge in [0, 0.05) is 37.9 Å². The molecule has 4 nitrogen and oxygen atoms in total. The monoisotopic (exact) mass is 279 g/mol. The van der Waals surface area contributed by atoms with Gasteiger partial charge in [-0.15, -0.1) is 0 Å². The van der Waals surface area contributed by atoms with E-state index in [0.29, 0.717) is 0 Å². The molecule has 0 aliphatic rings. The summed E-state index contributed by atoms with van der Waals surface area (Å²) in [7, 11) is 3.71. The zero-order valence-corrected chi connectivity index (χ0v) is 13.8. The molecule has 0 radical (unpaired) electrons. The van der Waals surface area contributed by atoms with Gasteiger partial charge in [0.1, 0.15) is 5.82 Å². The lowest BCUT2D eigenvalue weighted by molar-refractivity contribution is 0.205. The molecule has 0 aliphatic carbocycles. The van der Waals surface area contributed by atoms with E-state index < -0.39 is 0 Å². The average molecular weight is 279 g/mol. The Hall–Kier alpha value is -1.13. The molecule has 1 N–H and O–H groups in total. The number of hydrogen-bond acceptors (Lipinski definition) is 4. The van der Waals surface area contributed by atoms with E-state index in [9.17, 15) is 0 Å². The molecular weight excluding hydrogens is 250 g/mol. The first-order valence-corrected chi connectivity index (χ1v) is 7.32. The van der Waals surface area contributed by atoms with E-state index in [1.54, 1.807) is 7.11 Å². The van der Waals surface area contributed by atoms with Gasteiger partial charge in [-0.25, -0.2) is 4.98 Å². The maximum absolute atomic E-state index is 5.19. The summed E-state index contributed by atoms with van der Waals surface area (Å²) in [5.41, 5.74) is 2.47. The van der Waals surface area contributed by atoms with Crippen LogP contribution in [0.3, 0.4) is 0 Å². The summed E-state index contributed by atoms with van der Waals surface area (Å²) in [5, 5.41) is 3.22. The van der Waals surface area contributed by atoms with Gasteiger partial charge in [0.15, 0.2) is 0 Å². The number of aromatic nitrogens is 1. The van der Waals surface area contributed by atoms with Crippen LogP contribution in [0.15, 0.2) is 12.1 Å². The molecule has 114 valence electrons. The molecule has 4 heteroatoms. The van der Waals surface area contributed by atoms with Crippen molar-refractivity contribution in [2.24, 2.45) is 0 Å². The molecule has 1 heterocycles. The highest BCUT2D eigenvalue weighted by Gasteiger charge is 2.18. The Kier molecular flexibility index (Phi) is 6.43. The van der Waals surface area contributed by atoms with E-state index >= 15 is 0 Å². The topological polar surface area (TPSA) is 37.4 Å². The first-order valence-electron chi connectivity index (χ1n) is 7.32. The van der Waals surface area contributed by atoms with Crippen molar-refractivity contribution in [3.63, 3.8) is 0 Å². The molecule has 0 amide bonds. The predicted molar refractivity (Wildman–Crippen MR) is 85.5 cm³/mol. The molecule has 0 fully saturated rings. The number of pyridine rings is 1. The van der Waals surface area contributed by atoms with E-state index in [0.717, 1.165) is 37.8 Å². The highest BCUT2D eigenvalue weighted by Crippen LogP contribution is 2.25. The van der Waals surface area contributed by atoms with Crippen LogP contribution in [-0.4, -0.2) is 38.8 Å². The van der Waals surface area contributed by atoms with Gasteiger partial charge in [0.25, 0.3) is 0 Å². The molecule has 20 heavy (non-hydrogen) atoms. The fourth-order valence-electron chi connectivity index (χ4n) is 2.06. The number of likely N-dealkylation sites (N-methyl/N-ethyl adjacent to an activating group) is 1. The van der Waals surface area contributed by atoms with Gasteiger partial charge < -0.3 is 15.0 Å². The molecule has 0 aromatic carbocycles. The van der Waals surface area contributed by atoms with Gasteiger partial charge in [0.2, 0.25) is 0 Å². The van der Waals surface area contributed by atoms with Gasteiger partial charge in [-0.1, -0.05) is 20.8 Å². The minimum atomic E-state index is 0.0547. The zero-order chi connectivity index (χ0) is 15.2.